The average Bonchev–Trinajstić information content (AvgIpc) is 2.64. The number of fused-ring (bicyclic) bond motifs is 1. The number of hydrogen-bond acceptors (Lipinski definition) is 5. The van der Waals surface area contributed by atoms with Crippen LogP contribution >= 0.6 is 11.6 Å². The molecule has 3 aromatic rings. The predicted octanol–water partition coefficient (Wildman–Crippen LogP) is 3.60. The van der Waals surface area contributed by atoms with Crippen molar-refractivity contribution in [1.29, 1.82) is 0 Å². The maximum absolute atomic E-state index is 11.7. The van der Waals surface area contributed by atoms with Gasteiger partial charge in [-0.1, -0.05) is 41.9 Å². The number of nitrogens with zero attached hydrogens (tertiary/aromatic N) is 1. The summed E-state index contributed by atoms with van der Waals surface area (Å²) in [5, 5.41) is 11.5. The van der Waals surface area contributed by atoms with Gasteiger partial charge in [-0.05, 0) is 23.9 Å². The van der Waals surface area contributed by atoms with Crippen molar-refractivity contribution in [3.8, 4) is 11.6 Å². The third-order valence-electron chi connectivity index (χ3n) is 3.82. The highest BCUT2D eigenvalue weighted by atomic mass is 35.5. The van der Waals surface area contributed by atoms with Crippen molar-refractivity contribution in [2.75, 3.05) is 19.0 Å². The predicted molar refractivity (Wildman–Crippen MR) is 98.9 cm³/mol. The lowest BCUT2D eigenvalue weighted by Gasteiger charge is -2.14. The fourth-order valence-electron chi connectivity index (χ4n) is 2.66. The van der Waals surface area contributed by atoms with Gasteiger partial charge in [0.2, 0.25) is 0 Å². The van der Waals surface area contributed by atoms with E-state index in [-0.39, 0.29) is 10.9 Å². The molecule has 1 aromatic heterocycles. The normalized spacial score (nSPS) is 10.7. The molecule has 0 unspecified atom stereocenters. The van der Waals surface area contributed by atoms with Crippen LogP contribution in [0.5, 0.6) is 11.6 Å². The Hall–Kier alpha value is -2.73. The van der Waals surface area contributed by atoms with Gasteiger partial charge in [0.25, 0.3) is 11.4 Å². The molecule has 0 saturated heterocycles. The van der Waals surface area contributed by atoms with Crippen LogP contribution in [0, 0.1) is 0 Å². The number of rotatable bonds is 6. The lowest BCUT2D eigenvalue weighted by Crippen LogP contribution is -2.15. The topological polar surface area (TPSA) is 76.2 Å². The van der Waals surface area contributed by atoms with Gasteiger partial charge >= 0.3 is 0 Å². The molecule has 2 N–H and O–H groups in total. The molecule has 0 fully saturated rings. The van der Waals surface area contributed by atoms with E-state index in [1.165, 1.54) is 0 Å². The van der Waals surface area contributed by atoms with E-state index in [2.05, 4.69) is 15.5 Å². The number of benzene rings is 2. The number of anilines is 1. The van der Waals surface area contributed by atoms with E-state index in [1.54, 1.807) is 7.11 Å². The number of methoxy groups -OCH3 is 1. The number of H-pyrrole nitrogens is 1. The Morgan fingerprint density at radius 1 is 1.20 bits per heavy atom. The van der Waals surface area contributed by atoms with Crippen LogP contribution in [-0.2, 0) is 6.54 Å². The van der Waals surface area contributed by atoms with Gasteiger partial charge in [-0.25, -0.2) is 5.10 Å². The van der Waals surface area contributed by atoms with E-state index < -0.39 is 5.56 Å². The summed E-state index contributed by atoms with van der Waals surface area (Å²) in [4.78, 5) is 11.7. The van der Waals surface area contributed by atoms with Crippen molar-refractivity contribution in [3.05, 3.63) is 57.3 Å². The average molecular weight is 360 g/mol. The lowest BCUT2D eigenvalue weighted by atomic mass is 10.0. The van der Waals surface area contributed by atoms with Crippen molar-refractivity contribution in [2.45, 2.75) is 13.5 Å². The van der Waals surface area contributed by atoms with Crippen LogP contribution in [0.25, 0.3) is 10.8 Å². The molecule has 0 spiro atoms. The minimum absolute atomic E-state index is 0.0243. The molecule has 0 radical (unpaired) electrons. The van der Waals surface area contributed by atoms with Crippen LogP contribution in [-0.4, -0.2) is 23.9 Å². The second-order valence-corrected chi connectivity index (χ2v) is 5.68. The van der Waals surface area contributed by atoms with E-state index in [9.17, 15) is 4.79 Å². The minimum Gasteiger partial charge on any atom is -0.496 e. The van der Waals surface area contributed by atoms with Crippen LogP contribution in [0.4, 0.5) is 5.69 Å². The van der Waals surface area contributed by atoms with E-state index in [0.29, 0.717) is 18.8 Å². The Morgan fingerprint density at radius 2 is 1.96 bits per heavy atom. The zero-order chi connectivity index (χ0) is 17.8. The zero-order valence-electron chi connectivity index (χ0n) is 13.9. The van der Waals surface area contributed by atoms with Crippen molar-refractivity contribution in [3.63, 3.8) is 0 Å². The molecule has 0 bridgehead atoms. The standard InChI is InChI=1S/C18H18ClN3O3/c1-3-25-18-16(15(19)17(23)21-22-18)20-10-11-8-9-14(24-2)13-7-5-4-6-12(11)13/h4-9H,3,10H2,1-2H3,(H2,20,21,23). The van der Waals surface area contributed by atoms with Crippen LogP contribution in [0.2, 0.25) is 5.02 Å². The first-order valence-electron chi connectivity index (χ1n) is 7.85. The molecule has 1 heterocycles. The summed E-state index contributed by atoms with van der Waals surface area (Å²) in [6, 6.07) is 11.9. The fraction of sp³-hybridized carbons (Fsp3) is 0.222. The summed E-state index contributed by atoms with van der Waals surface area (Å²) >= 11 is 6.12. The first-order chi connectivity index (χ1) is 12.2. The monoisotopic (exact) mass is 359 g/mol. The molecule has 0 saturated carbocycles. The van der Waals surface area contributed by atoms with Crippen molar-refractivity contribution < 1.29 is 9.47 Å². The first-order valence-corrected chi connectivity index (χ1v) is 8.23. The molecule has 3 rings (SSSR count). The Labute approximate surface area is 149 Å². The van der Waals surface area contributed by atoms with Gasteiger partial charge in [-0.2, -0.15) is 0 Å². The molecule has 0 atom stereocenters. The molecule has 0 amide bonds. The lowest BCUT2D eigenvalue weighted by molar-refractivity contribution is 0.324. The third-order valence-corrected chi connectivity index (χ3v) is 4.18. The van der Waals surface area contributed by atoms with Crippen LogP contribution < -0.4 is 20.3 Å². The fourth-order valence-corrected chi connectivity index (χ4v) is 2.85. The van der Waals surface area contributed by atoms with Crippen molar-refractivity contribution in [1.82, 2.24) is 10.2 Å². The molecular formula is C18H18ClN3O3. The number of halogens is 1. The number of hydrogen-bond donors (Lipinski definition) is 2. The largest absolute Gasteiger partial charge is 0.496 e. The van der Waals surface area contributed by atoms with Crippen LogP contribution in [0.3, 0.4) is 0 Å². The summed E-state index contributed by atoms with van der Waals surface area (Å²) < 4.78 is 10.9. The summed E-state index contributed by atoms with van der Waals surface area (Å²) in [6.07, 6.45) is 0. The Balaban J connectivity index is 1.97. The van der Waals surface area contributed by atoms with Crippen molar-refractivity contribution in [2.24, 2.45) is 0 Å². The molecule has 0 aliphatic carbocycles. The first kappa shape index (κ1) is 17.1. The number of nitrogens with one attached hydrogen (secondary N) is 2. The maximum atomic E-state index is 11.7. The van der Waals surface area contributed by atoms with Gasteiger partial charge < -0.3 is 14.8 Å². The Kier molecular flexibility index (Phi) is 5.09. The van der Waals surface area contributed by atoms with Gasteiger partial charge in [0.1, 0.15) is 16.5 Å². The number of aromatic nitrogens is 2. The quantitative estimate of drug-likeness (QED) is 0.703. The smallest absolute Gasteiger partial charge is 0.285 e. The van der Waals surface area contributed by atoms with Gasteiger partial charge in [0.05, 0.1) is 13.7 Å². The third kappa shape index (κ3) is 3.39. The highest BCUT2D eigenvalue weighted by Gasteiger charge is 2.14. The van der Waals surface area contributed by atoms with Gasteiger partial charge in [0, 0.05) is 11.9 Å². The molecule has 2 aromatic carbocycles. The second kappa shape index (κ2) is 7.44. The molecule has 25 heavy (non-hydrogen) atoms. The summed E-state index contributed by atoms with van der Waals surface area (Å²) in [6.45, 7) is 2.70. The van der Waals surface area contributed by atoms with Gasteiger partial charge in [-0.15, -0.1) is 5.10 Å². The molecule has 0 aliphatic rings. The van der Waals surface area contributed by atoms with Gasteiger partial charge in [0.15, 0.2) is 0 Å². The molecule has 0 aliphatic heterocycles. The highest BCUT2D eigenvalue weighted by molar-refractivity contribution is 6.33. The Bertz CT molecular complexity index is 956. The SMILES string of the molecule is CCOc1n[nH]c(=O)c(Cl)c1NCc1ccc(OC)c2ccccc12. The minimum atomic E-state index is -0.466. The Morgan fingerprint density at radius 3 is 2.68 bits per heavy atom. The zero-order valence-corrected chi connectivity index (χ0v) is 14.7. The highest BCUT2D eigenvalue weighted by Crippen LogP contribution is 2.31. The number of aromatic amines is 1. The van der Waals surface area contributed by atoms with Gasteiger partial charge in [-0.3, -0.25) is 4.79 Å². The second-order valence-electron chi connectivity index (χ2n) is 5.31. The molecule has 6 nitrogen and oxygen atoms in total. The molecular weight excluding hydrogens is 342 g/mol. The maximum Gasteiger partial charge on any atom is 0.285 e. The van der Waals surface area contributed by atoms with Crippen LogP contribution in [0.15, 0.2) is 41.2 Å². The summed E-state index contributed by atoms with van der Waals surface area (Å²) in [5.74, 6) is 1.08. The number of ether oxygens (including phenoxy) is 2. The summed E-state index contributed by atoms with van der Waals surface area (Å²) in [5.41, 5.74) is 0.953. The van der Waals surface area contributed by atoms with Crippen LogP contribution in [0.1, 0.15) is 12.5 Å². The summed E-state index contributed by atoms with van der Waals surface area (Å²) in [7, 11) is 1.65. The van der Waals surface area contributed by atoms with E-state index in [0.717, 1.165) is 22.1 Å². The van der Waals surface area contributed by atoms with E-state index in [4.69, 9.17) is 21.1 Å². The molecule has 130 valence electrons. The van der Waals surface area contributed by atoms with E-state index >= 15 is 0 Å². The molecule has 7 heteroatoms. The van der Waals surface area contributed by atoms with Crippen molar-refractivity contribution >= 4 is 28.1 Å². The van der Waals surface area contributed by atoms with E-state index in [1.807, 2.05) is 43.3 Å².